The highest BCUT2D eigenvalue weighted by Gasteiger charge is 2.16. The summed E-state index contributed by atoms with van der Waals surface area (Å²) in [5.41, 5.74) is -0.0187. The van der Waals surface area contributed by atoms with E-state index in [2.05, 4.69) is 22.2 Å². The minimum Gasteiger partial charge on any atom is -0.353 e. The Morgan fingerprint density at radius 2 is 2.05 bits per heavy atom. The molecular weight excluding hydrogens is 246 g/mol. The summed E-state index contributed by atoms with van der Waals surface area (Å²) >= 11 is 0. The maximum absolute atomic E-state index is 11.9. The second kappa shape index (κ2) is 4.91. The first-order chi connectivity index (χ1) is 8.99. The fourth-order valence-corrected chi connectivity index (χ4v) is 1.98. The molecule has 0 aliphatic carbocycles. The van der Waals surface area contributed by atoms with Crippen molar-refractivity contribution in [1.82, 2.24) is 19.1 Å². The van der Waals surface area contributed by atoms with Gasteiger partial charge in [-0.3, -0.25) is 14.3 Å². The highest BCUT2D eigenvalue weighted by molar-refractivity contribution is 5.74. The fourth-order valence-electron chi connectivity index (χ4n) is 1.98. The van der Waals surface area contributed by atoms with E-state index in [-0.39, 0.29) is 6.04 Å². The Labute approximate surface area is 110 Å². The first-order valence-electron chi connectivity index (χ1n) is 6.45. The minimum absolute atomic E-state index is 0.248. The van der Waals surface area contributed by atoms with E-state index >= 15 is 0 Å². The lowest BCUT2D eigenvalue weighted by molar-refractivity contribution is 0.719. The molecule has 0 unspecified atom stereocenters. The normalized spacial score (nSPS) is 12.8. The van der Waals surface area contributed by atoms with Gasteiger partial charge in [-0.2, -0.15) is 4.98 Å². The third kappa shape index (κ3) is 2.16. The highest BCUT2D eigenvalue weighted by atomic mass is 16.2. The Bertz CT molecular complexity index is 709. The van der Waals surface area contributed by atoms with E-state index in [9.17, 15) is 9.59 Å². The van der Waals surface area contributed by atoms with Crippen LogP contribution in [-0.4, -0.2) is 25.1 Å². The molecule has 0 aliphatic heterocycles. The zero-order valence-corrected chi connectivity index (χ0v) is 11.6. The van der Waals surface area contributed by atoms with Gasteiger partial charge in [-0.05, 0) is 20.3 Å². The number of aromatic nitrogens is 4. The molecule has 104 valence electrons. The molecule has 2 aromatic heterocycles. The first kappa shape index (κ1) is 13.4. The Morgan fingerprint density at radius 1 is 1.37 bits per heavy atom. The fraction of sp³-hybridized carbons (Fsp3) is 0.583. The Morgan fingerprint density at radius 3 is 2.63 bits per heavy atom. The predicted octanol–water partition coefficient (Wildman–Crippen LogP) is 0.654. The molecule has 1 atom stereocenters. The third-order valence-corrected chi connectivity index (χ3v) is 3.31. The zero-order chi connectivity index (χ0) is 14.2. The van der Waals surface area contributed by atoms with Gasteiger partial charge < -0.3 is 9.88 Å². The molecule has 0 aromatic carbocycles. The Kier molecular flexibility index (Phi) is 3.46. The summed E-state index contributed by atoms with van der Waals surface area (Å²) in [5, 5.41) is 3.26. The summed E-state index contributed by atoms with van der Waals surface area (Å²) in [6.07, 6.45) is 0.947. The first-order valence-corrected chi connectivity index (χ1v) is 6.45. The lowest BCUT2D eigenvalue weighted by atomic mass is 10.3. The van der Waals surface area contributed by atoms with Crippen molar-refractivity contribution in [3.05, 3.63) is 20.8 Å². The summed E-state index contributed by atoms with van der Waals surface area (Å²) in [4.78, 5) is 30.2. The van der Waals surface area contributed by atoms with Crippen molar-refractivity contribution in [3.63, 3.8) is 0 Å². The van der Waals surface area contributed by atoms with Crippen LogP contribution in [0.5, 0.6) is 0 Å². The number of imidazole rings is 1. The average molecular weight is 265 g/mol. The zero-order valence-electron chi connectivity index (χ0n) is 11.6. The summed E-state index contributed by atoms with van der Waals surface area (Å²) in [5.74, 6) is 0.624. The van der Waals surface area contributed by atoms with Gasteiger partial charge in [0.2, 0.25) is 5.95 Å². The van der Waals surface area contributed by atoms with Gasteiger partial charge in [-0.15, -0.1) is 0 Å². The Balaban J connectivity index is 2.74. The number of fused-ring (bicyclic) bond motifs is 1. The highest BCUT2D eigenvalue weighted by Crippen LogP contribution is 2.16. The molecule has 2 N–H and O–H groups in total. The SMILES string of the molecule is CC[C@H](C)Nc1nc2c(c(=O)[nH]c(=O)n2C)n1CC. The number of hydrogen-bond donors (Lipinski definition) is 2. The number of aryl methyl sites for hydroxylation is 2. The molecule has 2 rings (SSSR count). The molecular formula is C12H19N5O2. The molecule has 0 saturated carbocycles. The van der Waals surface area contributed by atoms with Crippen molar-refractivity contribution >= 4 is 17.1 Å². The van der Waals surface area contributed by atoms with Crippen LogP contribution >= 0.6 is 0 Å². The molecule has 0 fully saturated rings. The van der Waals surface area contributed by atoms with E-state index in [1.54, 1.807) is 11.6 Å². The van der Waals surface area contributed by atoms with Crippen molar-refractivity contribution in [2.24, 2.45) is 7.05 Å². The van der Waals surface area contributed by atoms with E-state index in [0.717, 1.165) is 6.42 Å². The number of nitrogens with zero attached hydrogens (tertiary/aromatic N) is 3. The smallest absolute Gasteiger partial charge is 0.329 e. The van der Waals surface area contributed by atoms with Crippen LogP contribution in [0.2, 0.25) is 0 Å². The standard InChI is InChI=1S/C12H19N5O2/c1-5-7(3)13-11-14-9-8(17(11)6-2)10(18)15-12(19)16(9)4/h7H,5-6H2,1-4H3,(H,13,14)(H,15,18,19)/t7-/m0/s1. The number of aromatic amines is 1. The molecule has 2 heterocycles. The quantitative estimate of drug-likeness (QED) is 0.850. The molecule has 0 amide bonds. The van der Waals surface area contributed by atoms with Crippen molar-refractivity contribution < 1.29 is 0 Å². The molecule has 0 aliphatic rings. The van der Waals surface area contributed by atoms with Crippen LogP contribution in [-0.2, 0) is 13.6 Å². The number of H-pyrrole nitrogens is 1. The average Bonchev–Trinajstić information content (AvgIpc) is 2.74. The van der Waals surface area contributed by atoms with E-state index in [0.29, 0.717) is 23.7 Å². The molecule has 0 radical (unpaired) electrons. The monoisotopic (exact) mass is 265 g/mol. The summed E-state index contributed by atoms with van der Waals surface area (Å²) in [6.45, 7) is 6.66. The molecule has 19 heavy (non-hydrogen) atoms. The van der Waals surface area contributed by atoms with Crippen molar-refractivity contribution in [3.8, 4) is 0 Å². The van der Waals surface area contributed by atoms with Crippen LogP contribution in [0.1, 0.15) is 27.2 Å². The third-order valence-electron chi connectivity index (χ3n) is 3.31. The van der Waals surface area contributed by atoms with Crippen LogP contribution in [0, 0.1) is 0 Å². The van der Waals surface area contributed by atoms with Crippen LogP contribution in [0.3, 0.4) is 0 Å². The van der Waals surface area contributed by atoms with Crippen LogP contribution in [0.25, 0.3) is 11.2 Å². The predicted molar refractivity (Wildman–Crippen MR) is 74.6 cm³/mol. The van der Waals surface area contributed by atoms with Crippen molar-refractivity contribution in [1.29, 1.82) is 0 Å². The number of rotatable bonds is 4. The van der Waals surface area contributed by atoms with Crippen molar-refractivity contribution in [2.45, 2.75) is 39.8 Å². The van der Waals surface area contributed by atoms with E-state index in [1.165, 1.54) is 4.57 Å². The maximum atomic E-state index is 11.9. The summed E-state index contributed by atoms with van der Waals surface area (Å²) in [6, 6.07) is 0.248. The van der Waals surface area contributed by atoms with Gasteiger partial charge in [0.05, 0.1) is 0 Å². The summed E-state index contributed by atoms with van der Waals surface area (Å²) in [7, 11) is 1.60. The van der Waals surface area contributed by atoms with Gasteiger partial charge in [0.1, 0.15) is 0 Å². The summed E-state index contributed by atoms with van der Waals surface area (Å²) < 4.78 is 3.14. The lowest BCUT2D eigenvalue weighted by Gasteiger charge is -2.13. The topological polar surface area (TPSA) is 84.7 Å². The molecule has 0 bridgehead atoms. The largest absolute Gasteiger partial charge is 0.353 e. The Hall–Kier alpha value is -2.05. The molecule has 2 aromatic rings. The molecule has 0 saturated heterocycles. The van der Waals surface area contributed by atoms with Gasteiger partial charge in [0.15, 0.2) is 11.2 Å². The molecule has 7 heteroatoms. The number of hydrogen-bond acceptors (Lipinski definition) is 4. The van der Waals surface area contributed by atoms with Crippen molar-refractivity contribution in [2.75, 3.05) is 5.32 Å². The minimum atomic E-state index is -0.451. The lowest BCUT2D eigenvalue weighted by Crippen LogP contribution is -2.29. The number of nitrogens with one attached hydrogen (secondary N) is 2. The van der Waals surface area contributed by atoms with E-state index < -0.39 is 11.2 Å². The van der Waals surface area contributed by atoms with E-state index in [4.69, 9.17) is 0 Å². The van der Waals surface area contributed by atoms with Gasteiger partial charge in [0, 0.05) is 19.6 Å². The second-order valence-electron chi connectivity index (χ2n) is 4.62. The number of anilines is 1. The molecule has 7 nitrogen and oxygen atoms in total. The molecule has 0 spiro atoms. The maximum Gasteiger partial charge on any atom is 0.329 e. The van der Waals surface area contributed by atoms with E-state index in [1.807, 2.05) is 13.8 Å². The van der Waals surface area contributed by atoms with Crippen LogP contribution < -0.4 is 16.6 Å². The second-order valence-corrected chi connectivity index (χ2v) is 4.62. The van der Waals surface area contributed by atoms with Gasteiger partial charge >= 0.3 is 5.69 Å². The van der Waals surface area contributed by atoms with Gasteiger partial charge in [-0.1, -0.05) is 6.92 Å². The van der Waals surface area contributed by atoms with Gasteiger partial charge in [0.25, 0.3) is 5.56 Å². The van der Waals surface area contributed by atoms with Gasteiger partial charge in [-0.25, -0.2) is 4.79 Å². The van der Waals surface area contributed by atoms with Crippen LogP contribution in [0.4, 0.5) is 5.95 Å². The van der Waals surface area contributed by atoms with Crippen LogP contribution in [0.15, 0.2) is 9.59 Å².